The van der Waals surface area contributed by atoms with Gasteiger partial charge in [0.2, 0.25) is 0 Å². The van der Waals surface area contributed by atoms with Crippen molar-refractivity contribution in [2.45, 2.75) is 38.2 Å². The molecule has 0 spiro atoms. The molecular formula is C27H26ClN5O3S2. The number of anilines is 1. The summed E-state index contributed by atoms with van der Waals surface area (Å²) in [5.41, 5.74) is 1.79. The van der Waals surface area contributed by atoms with Crippen molar-refractivity contribution in [2.24, 2.45) is 0 Å². The van der Waals surface area contributed by atoms with Crippen molar-refractivity contribution < 1.29 is 14.3 Å². The minimum absolute atomic E-state index is 0.0767. The zero-order chi connectivity index (χ0) is 26.7. The third kappa shape index (κ3) is 5.87. The maximum Gasteiger partial charge on any atom is 0.275 e. The second-order valence-corrected chi connectivity index (χ2v) is 11.4. The zero-order valence-electron chi connectivity index (χ0n) is 20.9. The molecule has 0 saturated carbocycles. The molecule has 196 valence electrons. The van der Waals surface area contributed by atoms with Gasteiger partial charge in [0.25, 0.3) is 11.8 Å². The number of nitrogens with zero attached hydrogens (tertiary/aromatic N) is 4. The van der Waals surface area contributed by atoms with E-state index in [1.165, 1.54) is 22.9 Å². The summed E-state index contributed by atoms with van der Waals surface area (Å²) in [6.45, 7) is 4.72. The minimum Gasteiger partial charge on any atom is -0.476 e. The van der Waals surface area contributed by atoms with E-state index in [9.17, 15) is 9.59 Å². The molecule has 0 aliphatic carbocycles. The molecule has 3 heterocycles. The first-order chi connectivity index (χ1) is 18.3. The van der Waals surface area contributed by atoms with Crippen LogP contribution in [0.3, 0.4) is 0 Å². The van der Waals surface area contributed by atoms with Crippen LogP contribution in [0.4, 0.5) is 5.69 Å². The van der Waals surface area contributed by atoms with Crippen LogP contribution in [0, 0.1) is 0 Å². The number of hydrogen-bond acceptors (Lipinski definition) is 8. The Hall–Kier alpha value is -3.34. The number of rotatable bonds is 7. The fourth-order valence-corrected chi connectivity index (χ4v) is 5.96. The normalized spacial score (nSPS) is 14.3. The topological polar surface area (TPSA) is 97.3 Å². The summed E-state index contributed by atoms with van der Waals surface area (Å²) < 4.78 is 9.86. The van der Waals surface area contributed by atoms with Crippen LogP contribution in [0.15, 0.2) is 59.3 Å². The van der Waals surface area contributed by atoms with Gasteiger partial charge in [0.15, 0.2) is 5.60 Å². The summed E-state index contributed by atoms with van der Waals surface area (Å²) in [7, 11) is 0. The van der Waals surface area contributed by atoms with Crippen molar-refractivity contribution in [1.29, 1.82) is 0 Å². The molecule has 5 rings (SSSR count). The van der Waals surface area contributed by atoms with E-state index in [-0.39, 0.29) is 17.7 Å². The molecule has 1 aliphatic rings. The number of carbonyl (C=O) groups excluding carboxylic acids is 2. The van der Waals surface area contributed by atoms with Crippen LogP contribution in [0.25, 0.3) is 11.3 Å². The van der Waals surface area contributed by atoms with Gasteiger partial charge in [-0.2, -0.15) is 0 Å². The number of aromatic nitrogens is 3. The van der Waals surface area contributed by atoms with Gasteiger partial charge in [0.05, 0.1) is 10.0 Å². The summed E-state index contributed by atoms with van der Waals surface area (Å²) in [6, 6.07) is 14.6. The number of likely N-dealkylation sites (tertiary alicyclic amines) is 1. The van der Waals surface area contributed by atoms with Gasteiger partial charge >= 0.3 is 0 Å². The smallest absolute Gasteiger partial charge is 0.275 e. The molecule has 1 fully saturated rings. The standard InChI is InChI=1S/C27H26ClN5O3S2/c1-27(2,36-23-6-4-3-5-20(23)28)26(35)33-13-11-18(12-14-33)25-30-22(15-37-25)24(34)29-19-9-7-17(8-10-19)21-16-38-32-31-21/h3-10,15-16,18H,11-14H2,1-2H3,(H,29,34). The molecule has 2 aromatic heterocycles. The van der Waals surface area contributed by atoms with Gasteiger partial charge in [0.1, 0.15) is 17.1 Å². The quantitative estimate of drug-likeness (QED) is 0.288. The van der Waals surface area contributed by atoms with Crippen LogP contribution in [0.2, 0.25) is 5.02 Å². The summed E-state index contributed by atoms with van der Waals surface area (Å²) in [4.78, 5) is 32.5. The average molecular weight is 568 g/mol. The molecule has 2 aromatic carbocycles. The van der Waals surface area contributed by atoms with Gasteiger partial charge in [-0.1, -0.05) is 40.4 Å². The highest BCUT2D eigenvalue weighted by Crippen LogP contribution is 2.33. The molecule has 11 heteroatoms. The minimum atomic E-state index is -1.04. The van der Waals surface area contributed by atoms with Gasteiger partial charge in [-0.3, -0.25) is 9.59 Å². The van der Waals surface area contributed by atoms with Gasteiger partial charge in [-0.15, -0.1) is 16.4 Å². The third-order valence-electron chi connectivity index (χ3n) is 6.40. The highest BCUT2D eigenvalue weighted by molar-refractivity contribution is 7.10. The number of carbonyl (C=O) groups is 2. The number of halogens is 1. The lowest BCUT2D eigenvalue weighted by molar-refractivity contribution is -0.146. The van der Waals surface area contributed by atoms with Crippen molar-refractivity contribution in [2.75, 3.05) is 18.4 Å². The molecule has 4 aromatic rings. The molecule has 1 saturated heterocycles. The molecule has 2 amide bonds. The first-order valence-electron chi connectivity index (χ1n) is 12.2. The van der Waals surface area contributed by atoms with Crippen molar-refractivity contribution in [1.82, 2.24) is 19.5 Å². The van der Waals surface area contributed by atoms with Crippen LogP contribution in [0.1, 0.15) is 48.1 Å². The first-order valence-corrected chi connectivity index (χ1v) is 14.3. The fraction of sp³-hybridized carbons (Fsp3) is 0.296. The Morgan fingerprint density at radius 1 is 1.08 bits per heavy atom. The highest BCUT2D eigenvalue weighted by Gasteiger charge is 2.37. The van der Waals surface area contributed by atoms with Gasteiger partial charge in [-0.05, 0) is 62.5 Å². The monoisotopic (exact) mass is 567 g/mol. The molecule has 0 radical (unpaired) electrons. The Labute approximate surface area is 233 Å². The van der Waals surface area contributed by atoms with Crippen molar-refractivity contribution in [3.63, 3.8) is 0 Å². The van der Waals surface area contributed by atoms with E-state index < -0.39 is 5.60 Å². The van der Waals surface area contributed by atoms with E-state index in [0.29, 0.717) is 35.2 Å². The number of amides is 2. The fourth-order valence-electron chi connectivity index (χ4n) is 4.35. The third-order valence-corrected chi connectivity index (χ3v) is 8.23. The summed E-state index contributed by atoms with van der Waals surface area (Å²) in [5.74, 6) is 0.363. The van der Waals surface area contributed by atoms with E-state index >= 15 is 0 Å². The first kappa shape index (κ1) is 26.3. The highest BCUT2D eigenvalue weighted by atomic mass is 35.5. The number of benzene rings is 2. The Morgan fingerprint density at radius 2 is 1.82 bits per heavy atom. The molecular weight excluding hydrogens is 542 g/mol. The predicted molar refractivity (Wildman–Crippen MR) is 150 cm³/mol. The lowest BCUT2D eigenvalue weighted by atomic mass is 9.96. The molecule has 1 N–H and O–H groups in total. The lowest BCUT2D eigenvalue weighted by Crippen LogP contribution is -2.51. The van der Waals surface area contributed by atoms with Crippen molar-refractivity contribution >= 4 is 52.0 Å². The number of hydrogen-bond donors (Lipinski definition) is 1. The second-order valence-electron chi connectivity index (χ2n) is 9.50. The Kier molecular flexibility index (Phi) is 7.73. The van der Waals surface area contributed by atoms with Crippen LogP contribution < -0.4 is 10.1 Å². The number of nitrogens with one attached hydrogen (secondary N) is 1. The van der Waals surface area contributed by atoms with Crippen LogP contribution in [-0.4, -0.2) is 50.0 Å². The SMILES string of the molecule is CC(C)(Oc1ccccc1Cl)C(=O)N1CCC(c2nc(C(=O)Nc3ccc(-c4csnn4)cc3)cs2)CC1. The Bertz CT molecular complexity index is 1410. The lowest BCUT2D eigenvalue weighted by Gasteiger charge is -2.36. The Morgan fingerprint density at radius 3 is 2.50 bits per heavy atom. The molecule has 0 atom stereocenters. The second kappa shape index (κ2) is 11.2. The van der Waals surface area contributed by atoms with E-state index in [0.717, 1.165) is 29.1 Å². The summed E-state index contributed by atoms with van der Waals surface area (Å²) >= 11 is 9.00. The van der Waals surface area contributed by atoms with E-state index in [2.05, 4.69) is 19.9 Å². The van der Waals surface area contributed by atoms with Gasteiger partial charge in [-0.25, -0.2) is 4.98 Å². The molecule has 0 bridgehead atoms. The number of piperidine rings is 1. The van der Waals surface area contributed by atoms with E-state index in [1.807, 2.05) is 46.7 Å². The van der Waals surface area contributed by atoms with Gasteiger partial charge in [0, 0.05) is 41.0 Å². The zero-order valence-corrected chi connectivity index (χ0v) is 23.3. The number of ether oxygens (including phenoxy) is 1. The van der Waals surface area contributed by atoms with Crippen LogP contribution in [0.5, 0.6) is 5.75 Å². The maximum atomic E-state index is 13.2. The number of thiazole rings is 1. The molecule has 0 unspecified atom stereocenters. The molecule has 38 heavy (non-hydrogen) atoms. The maximum absolute atomic E-state index is 13.2. The average Bonchev–Trinajstić information content (AvgIpc) is 3.63. The van der Waals surface area contributed by atoms with Crippen LogP contribution in [-0.2, 0) is 4.79 Å². The molecule has 8 nitrogen and oxygen atoms in total. The Balaban J connectivity index is 1.15. The predicted octanol–water partition coefficient (Wildman–Crippen LogP) is 6.13. The summed E-state index contributed by atoms with van der Waals surface area (Å²) in [6.07, 6.45) is 1.55. The van der Waals surface area contributed by atoms with Crippen molar-refractivity contribution in [3.8, 4) is 17.0 Å². The van der Waals surface area contributed by atoms with E-state index in [4.69, 9.17) is 16.3 Å². The van der Waals surface area contributed by atoms with Crippen LogP contribution >= 0.6 is 34.5 Å². The van der Waals surface area contributed by atoms with E-state index in [1.54, 1.807) is 31.4 Å². The largest absolute Gasteiger partial charge is 0.476 e. The summed E-state index contributed by atoms with van der Waals surface area (Å²) in [5, 5.41) is 12.0. The van der Waals surface area contributed by atoms with Gasteiger partial charge < -0.3 is 15.0 Å². The van der Waals surface area contributed by atoms with Crippen molar-refractivity contribution in [3.05, 3.63) is 75.0 Å². The number of para-hydroxylation sites is 1. The molecule has 1 aliphatic heterocycles.